The summed E-state index contributed by atoms with van der Waals surface area (Å²) in [5.74, 6) is -0.781. The van der Waals surface area contributed by atoms with Gasteiger partial charge in [-0.25, -0.2) is 9.82 Å². The van der Waals surface area contributed by atoms with Gasteiger partial charge in [0, 0.05) is 11.1 Å². The first-order valence-corrected chi connectivity index (χ1v) is 9.35. The Labute approximate surface area is 167 Å². The summed E-state index contributed by atoms with van der Waals surface area (Å²) in [5, 5.41) is 4.29. The number of nitrogens with zero attached hydrogens (tertiary/aromatic N) is 3. The van der Waals surface area contributed by atoms with E-state index >= 15 is 0 Å². The van der Waals surface area contributed by atoms with Crippen molar-refractivity contribution in [3.8, 4) is 0 Å². The van der Waals surface area contributed by atoms with Crippen molar-refractivity contribution in [1.82, 2.24) is 14.8 Å². The molecule has 7 heteroatoms. The molecule has 0 unspecified atom stereocenters. The Morgan fingerprint density at radius 2 is 1.79 bits per heavy atom. The van der Waals surface area contributed by atoms with E-state index in [0.717, 1.165) is 16.8 Å². The molecule has 29 heavy (non-hydrogen) atoms. The summed E-state index contributed by atoms with van der Waals surface area (Å²) in [6.45, 7) is 4.18. The number of fused-ring (bicyclic) bond motifs is 1. The highest BCUT2D eigenvalue weighted by molar-refractivity contribution is 5.95. The predicted octanol–water partition coefficient (Wildman–Crippen LogP) is 3.23. The van der Waals surface area contributed by atoms with Gasteiger partial charge in [-0.3, -0.25) is 9.59 Å². The van der Waals surface area contributed by atoms with Crippen molar-refractivity contribution >= 4 is 11.8 Å². The fourth-order valence-corrected chi connectivity index (χ4v) is 3.74. The van der Waals surface area contributed by atoms with Crippen molar-refractivity contribution in [3.63, 3.8) is 0 Å². The fourth-order valence-electron chi connectivity index (χ4n) is 3.74. The predicted molar refractivity (Wildman–Crippen MR) is 106 cm³/mol. The number of halogens is 1. The van der Waals surface area contributed by atoms with Crippen LogP contribution in [0.1, 0.15) is 41.0 Å². The summed E-state index contributed by atoms with van der Waals surface area (Å²) in [4.78, 5) is 28.6. The Bertz CT molecular complexity index is 1060. The molecule has 2 heterocycles. The van der Waals surface area contributed by atoms with Gasteiger partial charge < -0.3 is 4.90 Å². The second-order valence-corrected chi connectivity index (χ2v) is 7.58. The van der Waals surface area contributed by atoms with E-state index in [-0.39, 0.29) is 24.1 Å². The van der Waals surface area contributed by atoms with Crippen LogP contribution < -0.4 is 5.43 Å². The van der Waals surface area contributed by atoms with Crippen molar-refractivity contribution in [2.24, 2.45) is 0 Å². The van der Waals surface area contributed by atoms with Gasteiger partial charge in [-0.2, -0.15) is 9.89 Å². The summed E-state index contributed by atoms with van der Waals surface area (Å²) in [5.41, 5.74) is 5.06. The molecule has 0 atom stereocenters. The Hall–Kier alpha value is -3.48. The zero-order chi connectivity index (χ0) is 20.6. The quantitative estimate of drug-likeness (QED) is 0.741. The molecule has 148 valence electrons. The molecule has 1 aliphatic heterocycles. The average molecular weight is 392 g/mol. The first-order chi connectivity index (χ1) is 13.9. The van der Waals surface area contributed by atoms with Crippen molar-refractivity contribution < 1.29 is 14.0 Å². The van der Waals surface area contributed by atoms with Crippen molar-refractivity contribution in [2.75, 3.05) is 5.43 Å². The number of amides is 2. The second-order valence-electron chi connectivity index (χ2n) is 7.58. The van der Waals surface area contributed by atoms with Gasteiger partial charge in [0.25, 0.3) is 5.91 Å². The molecule has 0 fully saturated rings. The van der Waals surface area contributed by atoms with Crippen LogP contribution in [0.5, 0.6) is 0 Å². The third-order valence-corrected chi connectivity index (χ3v) is 5.20. The topological polar surface area (TPSA) is 67.2 Å². The van der Waals surface area contributed by atoms with Gasteiger partial charge in [0.15, 0.2) is 0 Å². The lowest BCUT2D eigenvalue weighted by Gasteiger charge is -2.33. The fraction of sp³-hybridized carbons (Fsp3) is 0.227. The number of nitrogens with one attached hydrogen (secondary N) is 1. The smallest absolute Gasteiger partial charge is 0.254 e. The molecule has 0 aliphatic carbocycles. The summed E-state index contributed by atoms with van der Waals surface area (Å²) in [6, 6.07) is 14.9. The van der Waals surface area contributed by atoms with Gasteiger partial charge in [-0.05, 0) is 43.7 Å². The summed E-state index contributed by atoms with van der Waals surface area (Å²) in [7, 11) is 0. The van der Waals surface area contributed by atoms with Gasteiger partial charge >= 0.3 is 0 Å². The normalized spacial score (nSPS) is 14.5. The third kappa shape index (κ3) is 3.51. The van der Waals surface area contributed by atoms with Crippen molar-refractivity contribution in [3.05, 3.63) is 89.0 Å². The van der Waals surface area contributed by atoms with Gasteiger partial charge in [0.05, 0.1) is 30.4 Å². The lowest BCUT2D eigenvalue weighted by Crippen LogP contribution is -2.43. The van der Waals surface area contributed by atoms with E-state index in [9.17, 15) is 14.0 Å². The minimum absolute atomic E-state index is 0.193. The van der Waals surface area contributed by atoms with Gasteiger partial charge in [0.2, 0.25) is 5.91 Å². The van der Waals surface area contributed by atoms with E-state index in [1.165, 1.54) is 29.1 Å². The van der Waals surface area contributed by atoms with Crippen LogP contribution in [-0.4, -0.2) is 26.6 Å². The van der Waals surface area contributed by atoms with E-state index in [2.05, 4.69) is 10.5 Å². The maximum atomic E-state index is 13.2. The molecule has 6 nitrogen and oxygen atoms in total. The Balaban J connectivity index is 1.54. The van der Waals surface area contributed by atoms with Gasteiger partial charge in [0.1, 0.15) is 5.82 Å². The van der Waals surface area contributed by atoms with E-state index in [0.29, 0.717) is 12.1 Å². The molecule has 2 amide bonds. The first kappa shape index (κ1) is 18.9. The van der Waals surface area contributed by atoms with E-state index in [1.807, 2.05) is 44.2 Å². The SMILES string of the molecule is CC1(C)c2c(cnn2NC(=O)Cc2ccccc2)CN1C(=O)c1ccc(F)cc1. The summed E-state index contributed by atoms with van der Waals surface area (Å²) < 4.78 is 13.2. The van der Waals surface area contributed by atoms with Crippen LogP contribution in [0.2, 0.25) is 0 Å². The molecule has 1 aliphatic rings. The molecular weight excluding hydrogens is 371 g/mol. The minimum atomic E-state index is -0.697. The monoisotopic (exact) mass is 392 g/mol. The van der Waals surface area contributed by atoms with E-state index in [4.69, 9.17) is 0 Å². The highest BCUT2D eigenvalue weighted by Crippen LogP contribution is 2.39. The minimum Gasteiger partial charge on any atom is -0.323 e. The van der Waals surface area contributed by atoms with Crippen LogP contribution in [0.15, 0.2) is 60.8 Å². The van der Waals surface area contributed by atoms with E-state index < -0.39 is 5.54 Å². The second kappa shape index (κ2) is 7.16. The maximum absolute atomic E-state index is 13.2. The molecule has 3 aromatic rings. The van der Waals surface area contributed by atoms with Crippen LogP contribution in [0, 0.1) is 5.82 Å². The zero-order valence-corrected chi connectivity index (χ0v) is 16.2. The molecule has 2 aromatic carbocycles. The Morgan fingerprint density at radius 3 is 2.48 bits per heavy atom. The number of benzene rings is 2. The van der Waals surface area contributed by atoms with Crippen molar-refractivity contribution in [2.45, 2.75) is 32.4 Å². The molecule has 0 spiro atoms. The molecule has 0 saturated carbocycles. The average Bonchev–Trinajstić information content (AvgIpc) is 3.21. The third-order valence-electron chi connectivity index (χ3n) is 5.20. The summed E-state index contributed by atoms with van der Waals surface area (Å²) >= 11 is 0. The molecule has 0 bridgehead atoms. The molecule has 0 saturated heterocycles. The van der Waals surface area contributed by atoms with Crippen molar-refractivity contribution in [1.29, 1.82) is 0 Å². The molecule has 1 N–H and O–H groups in total. The van der Waals surface area contributed by atoms with Crippen LogP contribution in [0.4, 0.5) is 4.39 Å². The van der Waals surface area contributed by atoms with E-state index in [1.54, 1.807) is 11.1 Å². The highest BCUT2D eigenvalue weighted by atomic mass is 19.1. The highest BCUT2D eigenvalue weighted by Gasteiger charge is 2.44. The molecule has 0 radical (unpaired) electrons. The lowest BCUT2D eigenvalue weighted by molar-refractivity contribution is -0.116. The summed E-state index contributed by atoms with van der Waals surface area (Å²) in [6.07, 6.45) is 1.89. The number of rotatable bonds is 4. The molecular formula is C22H21FN4O2. The maximum Gasteiger partial charge on any atom is 0.254 e. The van der Waals surface area contributed by atoms with Crippen LogP contribution in [0.25, 0.3) is 0 Å². The largest absolute Gasteiger partial charge is 0.323 e. The van der Waals surface area contributed by atoms with Crippen LogP contribution in [-0.2, 0) is 23.3 Å². The van der Waals surface area contributed by atoms with Gasteiger partial charge in [-0.15, -0.1) is 0 Å². The number of hydrogen-bond donors (Lipinski definition) is 1. The number of hydrogen-bond acceptors (Lipinski definition) is 3. The van der Waals surface area contributed by atoms with Crippen LogP contribution in [0.3, 0.4) is 0 Å². The zero-order valence-electron chi connectivity index (χ0n) is 16.2. The lowest BCUT2D eigenvalue weighted by atomic mass is 10.00. The number of carbonyl (C=O) groups excluding carboxylic acids is 2. The number of carbonyl (C=O) groups is 2. The molecule has 1 aromatic heterocycles. The van der Waals surface area contributed by atoms with Crippen LogP contribution >= 0.6 is 0 Å². The van der Waals surface area contributed by atoms with Gasteiger partial charge in [-0.1, -0.05) is 30.3 Å². The standard InChI is InChI=1S/C22H21FN4O2/c1-22(2)20-17(14-26(22)21(29)16-8-10-18(23)11-9-16)13-24-27(20)25-19(28)12-15-6-4-3-5-7-15/h3-11,13H,12,14H2,1-2H3,(H,25,28). The molecule has 4 rings (SSSR count). The Kier molecular flexibility index (Phi) is 4.66. The first-order valence-electron chi connectivity index (χ1n) is 9.35. The number of aromatic nitrogens is 2. The Morgan fingerprint density at radius 1 is 1.10 bits per heavy atom.